The molecule has 112 valence electrons. The minimum atomic E-state index is 0.876. The van der Waals surface area contributed by atoms with E-state index in [1.54, 1.807) is 0 Å². The molecule has 2 nitrogen and oxygen atoms in total. The summed E-state index contributed by atoms with van der Waals surface area (Å²) >= 11 is 0. The van der Waals surface area contributed by atoms with Crippen LogP contribution >= 0.6 is 0 Å². The lowest BCUT2D eigenvalue weighted by Gasteiger charge is -2.06. The van der Waals surface area contributed by atoms with Gasteiger partial charge in [-0.15, -0.1) is 5.10 Å². The van der Waals surface area contributed by atoms with Crippen LogP contribution in [0.4, 0.5) is 0 Å². The Balaban J connectivity index is 2.02. The molecule has 0 saturated carbocycles. The summed E-state index contributed by atoms with van der Waals surface area (Å²) in [7, 11) is 0. The molecular formula is C21H18N2. The molecule has 23 heavy (non-hydrogen) atoms. The van der Waals surface area contributed by atoms with E-state index in [1.165, 1.54) is 0 Å². The number of hydrogen-bond donors (Lipinski definition) is 0. The van der Waals surface area contributed by atoms with Gasteiger partial charge in [0.25, 0.3) is 0 Å². The van der Waals surface area contributed by atoms with Crippen LogP contribution in [0.3, 0.4) is 0 Å². The van der Waals surface area contributed by atoms with Gasteiger partial charge < -0.3 is 0 Å². The van der Waals surface area contributed by atoms with Gasteiger partial charge in [-0.25, -0.2) is 0 Å². The molecule has 0 radical (unpaired) electrons. The van der Waals surface area contributed by atoms with Crippen molar-refractivity contribution in [3.8, 4) is 0 Å². The van der Waals surface area contributed by atoms with Gasteiger partial charge in [-0.05, 0) is 12.5 Å². The smallest absolute Gasteiger partial charge is 0.100 e. The van der Waals surface area contributed by atoms with Crippen molar-refractivity contribution in [3.63, 3.8) is 0 Å². The SMILES string of the molecule is CC(=NN=C(c1ccccc1)c1ccccc1)c1ccccc1. The van der Waals surface area contributed by atoms with Crippen LogP contribution in [0.1, 0.15) is 23.6 Å². The first kappa shape index (κ1) is 14.9. The maximum absolute atomic E-state index is 4.55. The van der Waals surface area contributed by atoms with Gasteiger partial charge in [-0.3, -0.25) is 0 Å². The fourth-order valence-corrected chi connectivity index (χ4v) is 2.34. The highest BCUT2D eigenvalue weighted by Crippen LogP contribution is 2.12. The summed E-state index contributed by atoms with van der Waals surface area (Å²) in [5.41, 5.74) is 4.97. The van der Waals surface area contributed by atoms with Gasteiger partial charge in [0.2, 0.25) is 0 Å². The summed E-state index contributed by atoms with van der Waals surface area (Å²) in [6.07, 6.45) is 0. The zero-order valence-electron chi connectivity index (χ0n) is 13.1. The lowest BCUT2D eigenvalue weighted by atomic mass is 10.0. The van der Waals surface area contributed by atoms with Crippen molar-refractivity contribution in [3.05, 3.63) is 108 Å². The molecule has 2 heteroatoms. The van der Waals surface area contributed by atoms with Gasteiger partial charge in [0.15, 0.2) is 0 Å². The molecule has 3 aromatic carbocycles. The van der Waals surface area contributed by atoms with Crippen LogP contribution in [-0.2, 0) is 0 Å². The predicted octanol–water partition coefficient (Wildman–Crippen LogP) is 4.95. The maximum Gasteiger partial charge on any atom is 0.100 e. The molecular weight excluding hydrogens is 280 g/mol. The van der Waals surface area contributed by atoms with Crippen molar-refractivity contribution in [1.29, 1.82) is 0 Å². The van der Waals surface area contributed by atoms with Gasteiger partial charge >= 0.3 is 0 Å². The van der Waals surface area contributed by atoms with E-state index in [0.717, 1.165) is 28.1 Å². The van der Waals surface area contributed by atoms with Gasteiger partial charge in [0.05, 0.1) is 5.71 Å². The van der Waals surface area contributed by atoms with E-state index in [-0.39, 0.29) is 0 Å². The zero-order chi connectivity index (χ0) is 15.9. The summed E-state index contributed by atoms with van der Waals surface area (Å²) in [6.45, 7) is 1.98. The Bertz CT molecular complexity index is 763. The van der Waals surface area contributed by atoms with Gasteiger partial charge in [0, 0.05) is 11.1 Å². The van der Waals surface area contributed by atoms with E-state index in [2.05, 4.69) is 34.5 Å². The number of rotatable bonds is 4. The molecule has 0 aliphatic heterocycles. The molecule has 0 N–H and O–H groups in total. The Hall–Kier alpha value is -3.00. The lowest BCUT2D eigenvalue weighted by molar-refractivity contribution is 1.22. The molecule has 0 aliphatic carbocycles. The van der Waals surface area contributed by atoms with E-state index >= 15 is 0 Å². The Morgan fingerprint density at radius 1 is 0.522 bits per heavy atom. The summed E-state index contributed by atoms with van der Waals surface area (Å²) in [6, 6.07) is 30.4. The summed E-state index contributed by atoms with van der Waals surface area (Å²) < 4.78 is 0. The van der Waals surface area contributed by atoms with Crippen molar-refractivity contribution in [1.82, 2.24) is 0 Å². The first-order valence-corrected chi connectivity index (χ1v) is 7.63. The summed E-state index contributed by atoms with van der Waals surface area (Å²) in [5.74, 6) is 0. The van der Waals surface area contributed by atoms with Crippen molar-refractivity contribution >= 4 is 11.4 Å². The molecule has 0 saturated heterocycles. The quantitative estimate of drug-likeness (QED) is 0.481. The Kier molecular flexibility index (Phi) is 4.75. The monoisotopic (exact) mass is 298 g/mol. The van der Waals surface area contributed by atoms with Gasteiger partial charge in [-0.2, -0.15) is 5.10 Å². The van der Waals surface area contributed by atoms with Gasteiger partial charge in [0.1, 0.15) is 5.71 Å². The Morgan fingerprint density at radius 3 is 1.35 bits per heavy atom. The van der Waals surface area contributed by atoms with Gasteiger partial charge in [-0.1, -0.05) is 91.0 Å². The third kappa shape index (κ3) is 3.80. The largest absolute Gasteiger partial charge is 0.155 e. The predicted molar refractivity (Wildman–Crippen MR) is 97.2 cm³/mol. The Labute approximate surface area is 136 Å². The van der Waals surface area contributed by atoms with Crippen molar-refractivity contribution in [2.45, 2.75) is 6.92 Å². The first-order valence-electron chi connectivity index (χ1n) is 7.63. The number of hydrogen-bond acceptors (Lipinski definition) is 2. The van der Waals surface area contributed by atoms with E-state index in [9.17, 15) is 0 Å². The molecule has 0 bridgehead atoms. The number of benzene rings is 3. The molecule has 0 amide bonds. The standard InChI is InChI=1S/C21H18N2/c1-17(18-11-5-2-6-12-18)22-23-21(19-13-7-3-8-14-19)20-15-9-4-10-16-20/h2-16H,1H3. The number of nitrogens with zero attached hydrogens (tertiary/aromatic N) is 2. The molecule has 0 unspecified atom stereocenters. The highest BCUT2D eigenvalue weighted by molar-refractivity contribution is 6.13. The van der Waals surface area contributed by atoms with Crippen molar-refractivity contribution in [2.24, 2.45) is 10.2 Å². The normalized spacial score (nSPS) is 11.1. The first-order chi connectivity index (χ1) is 11.3. The maximum atomic E-state index is 4.55. The fraction of sp³-hybridized carbons (Fsp3) is 0.0476. The molecule has 0 fully saturated rings. The second-order valence-electron chi connectivity index (χ2n) is 5.23. The molecule has 0 aromatic heterocycles. The van der Waals surface area contributed by atoms with Crippen LogP contribution in [0.2, 0.25) is 0 Å². The molecule has 3 aromatic rings. The van der Waals surface area contributed by atoms with E-state index in [0.29, 0.717) is 0 Å². The van der Waals surface area contributed by atoms with Crippen LogP contribution in [0.25, 0.3) is 0 Å². The highest BCUT2D eigenvalue weighted by atomic mass is 15.2. The molecule has 0 atom stereocenters. The van der Waals surface area contributed by atoms with Crippen LogP contribution in [0.15, 0.2) is 101 Å². The zero-order valence-corrected chi connectivity index (χ0v) is 13.1. The second kappa shape index (κ2) is 7.32. The molecule has 3 rings (SSSR count). The fourth-order valence-electron chi connectivity index (χ4n) is 2.34. The van der Waals surface area contributed by atoms with Crippen LogP contribution in [0.5, 0.6) is 0 Å². The summed E-state index contributed by atoms with van der Waals surface area (Å²) in [4.78, 5) is 0. The highest BCUT2D eigenvalue weighted by Gasteiger charge is 2.06. The topological polar surface area (TPSA) is 24.7 Å². The lowest BCUT2D eigenvalue weighted by Crippen LogP contribution is -2.03. The molecule has 0 spiro atoms. The third-order valence-electron chi connectivity index (χ3n) is 3.59. The van der Waals surface area contributed by atoms with Crippen molar-refractivity contribution in [2.75, 3.05) is 0 Å². The van der Waals surface area contributed by atoms with E-state index in [1.807, 2.05) is 73.7 Å². The third-order valence-corrected chi connectivity index (χ3v) is 3.59. The van der Waals surface area contributed by atoms with E-state index in [4.69, 9.17) is 0 Å². The minimum absolute atomic E-state index is 0.876. The second-order valence-corrected chi connectivity index (χ2v) is 5.23. The average molecular weight is 298 g/mol. The summed E-state index contributed by atoms with van der Waals surface area (Å²) in [5, 5.41) is 9.00. The van der Waals surface area contributed by atoms with Crippen molar-refractivity contribution < 1.29 is 0 Å². The van der Waals surface area contributed by atoms with Crippen LogP contribution in [-0.4, -0.2) is 11.4 Å². The Morgan fingerprint density at radius 2 is 0.913 bits per heavy atom. The van der Waals surface area contributed by atoms with E-state index < -0.39 is 0 Å². The molecule has 0 aliphatic rings. The minimum Gasteiger partial charge on any atom is -0.155 e. The average Bonchev–Trinajstić information content (AvgIpc) is 2.64. The van der Waals surface area contributed by atoms with Crippen LogP contribution < -0.4 is 0 Å². The van der Waals surface area contributed by atoms with Crippen LogP contribution in [0, 0.1) is 0 Å². The molecule has 0 heterocycles.